The Bertz CT molecular complexity index is 879. The van der Waals surface area contributed by atoms with Crippen LogP contribution in [0.15, 0.2) is 27.4 Å². The Morgan fingerprint density at radius 1 is 1.27 bits per heavy atom. The third-order valence-electron chi connectivity index (χ3n) is 5.02. The first-order valence-electron chi connectivity index (χ1n) is 8.93. The number of esters is 1. The van der Waals surface area contributed by atoms with Crippen LogP contribution in [-0.4, -0.2) is 45.9 Å². The lowest BCUT2D eigenvalue weighted by Crippen LogP contribution is -2.36. The maximum atomic E-state index is 12.8. The lowest BCUT2D eigenvalue weighted by atomic mass is 9.99. The van der Waals surface area contributed by atoms with Crippen molar-refractivity contribution in [2.45, 2.75) is 18.9 Å². The van der Waals surface area contributed by atoms with E-state index in [0.717, 1.165) is 24.9 Å². The van der Waals surface area contributed by atoms with Crippen molar-refractivity contribution in [2.75, 3.05) is 44.9 Å². The van der Waals surface area contributed by atoms with Crippen LogP contribution in [0.1, 0.15) is 34.8 Å². The van der Waals surface area contributed by atoms with Gasteiger partial charge in [0.15, 0.2) is 11.3 Å². The average Bonchev–Trinajstić information content (AvgIpc) is 3.22. The smallest absolute Gasteiger partial charge is 0.337 e. The van der Waals surface area contributed by atoms with Gasteiger partial charge in [0.1, 0.15) is 5.58 Å². The van der Waals surface area contributed by atoms with E-state index >= 15 is 0 Å². The molecule has 26 heavy (non-hydrogen) atoms. The molecule has 1 aromatic heterocycles. The van der Waals surface area contributed by atoms with Gasteiger partial charge in [-0.15, -0.1) is 0 Å². The summed E-state index contributed by atoms with van der Waals surface area (Å²) >= 11 is 0. The molecule has 3 heterocycles. The fourth-order valence-electron chi connectivity index (χ4n) is 3.66. The number of ether oxygens (including phenoxy) is 2. The Morgan fingerprint density at radius 3 is 2.77 bits per heavy atom. The molecule has 138 valence electrons. The molecule has 7 heteroatoms. The normalized spacial score (nSPS) is 20.5. The van der Waals surface area contributed by atoms with Crippen LogP contribution in [0, 0.1) is 0 Å². The monoisotopic (exact) mass is 358 g/mol. The van der Waals surface area contributed by atoms with Crippen molar-refractivity contribution in [2.24, 2.45) is 0 Å². The molecule has 0 aliphatic carbocycles. The zero-order valence-corrected chi connectivity index (χ0v) is 14.7. The standard InChI is InChI=1S/C19H22N2O5/c1-24-19(23)12-9-13(15-3-2-4-20-15)18-14(10-12)16(22)11-17(26-18)21-5-7-25-8-6-21/h9-11,15,20H,2-8H2,1H3/t15-/m1/s1. The van der Waals surface area contributed by atoms with Crippen molar-refractivity contribution >= 4 is 22.8 Å². The molecule has 1 N–H and O–H groups in total. The highest BCUT2D eigenvalue weighted by molar-refractivity contribution is 5.95. The van der Waals surface area contributed by atoms with Crippen molar-refractivity contribution in [1.29, 1.82) is 0 Å². The average molecular weight is 358 g/mol. The van der Waals surface area contributed by atoms with Gasteiger partial charge >= 0.3 is 5.97 Å². The minimum atomic E-state index is -0.456. The molecular weight excluding hydrogens is 336 g/mol. The van der Waals surface area contributed by atoms with Crippen LogP contribution in [0.4, 0.5) is 5.88 Å². The van der Waals surface area contributed by atoms with Crippen LogP contribution in [0.5, 0.6) is 0 Å². The second-order valence-corrected chi connectivity index (χ2v) is 6.63. The van der Waals surface area contributed by atoms with Crippen LogP contribution in [-0.2, 0) is 9.47 Å². The summed E-state index contributed by atoms with van der Waals surface area (Å²) in [5.41, 5.74) is 1.60. The van der Waals surface area contributed by atoms with Gasteiger partial charge in [-0.25, -0.2) is 4.79 Å². The highest BCUT2D eigenvalue weighted by Gasteiger charge is 2.24. The number of hydrogen-bond acceptors (Lipinski definition) is 7. The zero-order valence-electron chi connectivity index (χ0n) is 14.7. The first-order chi connectivity index (χ1) is 12.7. The maximum absolute atomic E-state index is 12.8. The minimum Gasteiger partial charge on any atom is -0.465 e. The zero-order chi connectivity index (χ0) is 18.1. The van der Waals surface area contributed by atoms with Crippen LogP contribution in [0.2, 0.25) is 0 Å². The van der Waals surface area contributed by atoms with E-state index in [-0.39, 0.29) is 11.5 Å². The molecule has 1 atom stereocenters. The first kappa shape index (κ1) is 17.1. The highest BCUT2D eigenvalue weighted by atomic mass is 16.5. The second-order valence-electron chi connectivity index (χ2n) is 6.63. The Kier molecular flexibility index (Phi) is 4.65. The number of carbonyl (C=O) groups is 1. The fourth-order valence-corrected chi connectivity index (χ4v) is 3.66. The summed E-state index contributed by atoms with van der Waals surface area (Å²) in [5.74, 6) is 0.0960. The second kappa shape index (κ2) is 7.09. The van der Waals surface area contributed by atoms with E-state index < -0.39 is 5.97 Å². The molecule has 2 aromatic rings. The summed E-state index contributed by atoms with van der Waals surface area (Å²) in [6, 6.07) is 4.91. The molecular formula is C19H22N2O5. The van der Waals surface area contributed by atoms with Crippen molar-refractivity contribution < 1.29 is 18.7 Å². The number of hydrogen-bond donors (Lipinski definition) is 1. The molecule has 0 bridgehead atoms. The third-order valence-corrected chi connectivity index (χ3v) is 5.02. The Hall–Kier alpha value is -2.38. The quantitative estimate of drug-likeness (QED) is 0.839. The maximum Gasteiger partial charge on any atom is 0.337 e. The third kappa shape index (κ3) is 3.08. The molecule has 7 nitrogen and oxygen atoms in total. The van der Waals surface area contributed by atoms with E-state index in [9.17, 15) is 9.59 Å². The number of morpholine rings is 1. The summed E-state index contributed by atoms with van der Waals surface area (Å²) < 4.78 is 16.4. The van der Waals surface area contributed by atoms with Crippen LogP contribution in [0.3, 0.4) is 0 Å². The number of nitrogens with zero attached hydrogens (tertiary/aromatic N) is 1. The predicted molar refractivity (Wildman–Crippen MR) is 96.8 cm³/mol. The first-order valence-corrected chi connectivity index (χ1v) is 8.93. The van der Waals surface area contributed by atoms with Gasteiger partial charge in [0.05, 0.1) is 31.3 Å². The van der Waals surface area contributed by atoms with Crippen LogP contribution >= 0.6 is 0 Å². The molecule has 0 unspecified atom stereocenters. The number of rotatable bonds is 3. The molecule has 0 spiro atoms. The molecule has 2 aliphatic rings. The van der Waals surface area contributed by atoms with Crippen molar-refractivity contribution in [3.05, 3.63) is 39.5 Å². The molecule has 0 amide bonds. The van der Waals surface area contributed by atoms with E-state index in [1.807, 2.05) is 4.90 Å². The van der Waals surface area contributed by atoms with Gasteiger partial charge in [-0.3, -0.25) is 4.79 Å². The lowest BCUT2D eigenvalue weighted by molar-refractivity contribution is 0.0600. The number of carbonyl (C=O) groups excluding carboxylic acids is 1. The van der Waals surface area contributed by atoms with Gasteiger partial charge in [-0.2, -0.15) is 0 Å². The lowest BCUT2D eigenvalue weighted by Gasteiger charge is -2.27. The van der Waals surface area contributed by atoms with Gasteiger partial charge in [0.25, 0.3) is 0 Å². The summed E-state index contributed by atoms with van der Waals surface area (Å²) in [4.78, 5) is 26.9. The Labute approximate surface area is 150 Å². The highest BCUT2D eigenvalue weighted by Crippen LogP contribution is 2.32. The molecule has 2 aliphatic heterocycles. The van der Waals surface area contributed by atoms with Crippen molar-refractivity contribution in [1.82, 2.24) is 5.32 Å². The topological polar surface area (TPSA) is 81.0 Å². The SMILES string of the molecule is COC(=O)c1cc([C@H]2CCCN2)c2oc(N3CCOCC3)cc(=O)c2c1. The molecule has 2 saturated heterocycles. The minimum absolute atomic E-state index is 0.0604. The molecule has 0 saturated carbocycles. The van der Waals surface area contributed by atoms with E-state index in [4.69, 9.17) is 13.9 Å². The Balaban J connectivity index is 1.89. The molecule has 2 fully saturated rings. The number of nitrogens with one attached hydrogen (secondary N) is 1. The summed E-state index contributed by atoms with van der Waals surface area (Å²) in [5, 5.41) is 3.83. The van der Waals surface area contributed by atoms with Crippen LogP contribution in [0.25, 0.3) is 11.0 Å². The molecule has 4 rings (SSSR count). The van der Waals surface area contributed by atoms with Crippen molar-refractivity contribution in [3.8, 4) is 0 Å². The summed E-state index contributed by atoms with van der Waals surface area (Å²) in [6.45, 7) is 3.50. The van der Waals surface area contributed by atoms with E-state index in [1.165, 1.54) is 13.2 Å². The predicted octanol–water partition coefficient (Wildman–Crippen LogP) is 1.84. The number of benzene rings is 1. The van der Waals surface area contributed by atoms with Crippen molar-refractivity contribution in [3.63, 3.8) is 0 Å². The van der Waals surface area contributed by atoms with E-state index in [1.54, 1.807) is 12.1 Å². The summed E-state index contributed by atoms with van der Waals surface area (Å²) in [6.07, 6.45) is 1.98. The van der Waals surface area contributed by atoms with E-state index in [0.29, 0.717) is 48.7 Å². The summed E-state index contributed by atoms with van der Waals surface area (Å²) in [7, 11) is 1.34. The fraction of sp³-hybridized carbons (Fsp3) is 0.474. The largest absolute Gasteiger partial charge is 0.465 e. The molecule has 1 aromatic carbocycles. The number of methoxy groups -OCH3 is 1. The van der Waals surface area contributed by atoms with Gasteiger partial charge in [0, 0.05) is 30.8 Å². The molecule has 0 radical (unpaired) electrons. The van der Waals surface area contributed by atoms with Crippen LogP contribution < -0.4 is 15.6 Å². The van der Waals surface area contributed by atoms with Gasteiger partial charge in [-0.1, -0.05) is 0 Å². The number of anilines is 1. The van der Waals surface area contributed by atoms with Gasteiger partial charge in [0.2, 0.25) is 0 Å². The Morgan fingerprint density at radius 2 is 2.08 bits per heavy atom. The number of fused-ring (bicyclic) bond motifs is 1. The van der Waals surface area contributed by atoms with Gasteiger partial charge in [-0.05, 0) is 31.5 Å². The van der Waals surface area contributed by atoms with Gasteiger partial charge < -0.3 is 24.1 Å². The van der Waals surface area contributed by atoms with E-state index in [2.05, 4.69) is 5.32 Å².